The van der Waals surface area contributed by atoms with E-state index in [0.29, 0.717) is 24.3 Å². The van der Waals surface area contributed by atoms with Crippen LogP contribution in [-0.2, 0) is 11.2 Å². The summed E-state index contributed by atoms with van der Waals surface area (Å²) < 4.78 is 6.71. The summed E-state index contributed by atoms with van der Waals surface area (Å²) in [7, 11) is 1.57. The number of nitriles is 1. The minimum atomic E-state index is -0.388. The normalized spacial score (nSPS) is 10.9. The fourth-order valence-corrected chi connectivity index (χ4v) is 3.78. The molecule has 1 amide bonds. The third kappa shape index (κ3) is 5.45. The minimum absolute atomic E-state index is 0.0528. The summed E-state index contributed by atoms with van der Waals surface area (Å²) in [5.74, 6) is 0.268. The average Bonchev–Trinajstić information content (AvgIpc) is 2.60. The number of ether oxygens (including phenoxy) is 1. The van der Waals surface area contributed by atoms with Crippen LogP contribution in [0.4, 0.5) is 0 Å². The first kappa shape index (κ1) is 19.2. The van der Waals surface area contributed by atoms with Crippen molar-refractivity contribution < 1.29 is 9.53 Å². The van der Waals surface area contributed by atoms with Crippen molar-refractivity contribution in [1.82, 2.24) is 5.32 Å². The molecule has 0 aliphatic heterocycles. The quantitative estimate of drug-likeness (QED) is 0.507. The molecule has 0 aromatic heterocycles. The Morgan fingerprint density at radius 1 is 1.24 bits per heavy atom. The third-order valence-corrected chi connectivity index (χ3v) is 4.62. The van der Waals surface area contributed by atoms with E-state index in [9.17, 15) is 10.1 Å². The summed E-state index contributed by atoms with van der Waals surface area (Å²) in [6.07, 6.45) is 2.26. The van der Waals surface area contributed by atoms with E-state index in [1.54, 1.807) is 25.3 Å². The SMILES string of the molecule is COc1c(Br)cc(/C=C(\C#N)C(=O)NCCc2ccccc2)cc1Br. The van der Waals surface area contributed by atoms with Gasteiger partial charge in [0.2, 0.25) is 0 Å². The highest BCUT2D eigenvalue weighted by atomic mass is 79.9. The number of carbonyl (C=O) groups excluding carboxylic acids is 1. The maximum Gasteiger partial charge on any atom is 0.261 e. The average molecular weight is 464 g/mol. The molecule has 0 radical (unpaired) electrons. The second-order valence-electron chi connectivity index (χ2n) is 5.18. The van der Waals surface area contributed by atoms with Gasteiger partial charge in [0.05, 0.1) is 16.1 Å². The molecule has 0 spiro atoms. The second-order valence-corrected chi connectivity index (χ2v) is 6.89. The summed E-state index contributed by atoms with van der Waals surface area (Å²) in [5.41, 5.74) is 1.90. The molecular weight excluding hydrogens is 448 g/mol. The smallest absolute Gasteiger partial charge is 0.261 e. The number of nitrogens with one attached hydrogen (secondary N) is 1. The van der Waals surface area contributed by atoms with Crippen LogP contribution in [0.2, 0.25) is 0 Å². The zero-order valence-corrected chi connectivity index (χ0v) is 16.7. The highest BCUT2D eigenvalue weighted by Crippen LogP contribution is 2.34. The molecular formula is C19H16Br2N2O2. The molecule has 0 aliphatic rings. The number of rotatable bonds is 6. The monoisotopic (exact) mass is 462 g/mol. The molecule has 0 unspecified atom stereocenters. The van der Waals surface area contributed by atoms with Crippen LogP contribution in [0.15, 0.2) is 57.0 Å². The van der Waals surface area contributed by atoms with Crippen LogP contribution < -0.4 is 10.1 Å². The van der Waals surface area contributed by atoms with Gasteiger partial charge in [0, 0.05) is 6.54 Å². The van der Waals surface area contributed by atoms with Crippen LogP contribution in [0.3, 0.4) is 0 Å². The Labute approximate surface area is 163 Å². The summed E-state index contributed by atoms with van der Waals surface area (Å²) >= 11 is 6.81. The molecule has 0 bridgehead atoms. The van der Waals surface area contributed by atoms with Gasteiger partial charge < -0.3 is 10.1 Å². The van der Waals surface area contributed by atoms with Crippen LogP contribution in [-0.4, -0.2) is 19.6 Å². The Hall–Kier alpha value is -2.10. The van der Waals surface area contributed by atoms with E-state index < -0.39 is 0 Å². The molecule has 0 saturated carbocycles. The van der Waals surface area contributed by atoms with Gasteiger partial charge in [0.15, 0.2) is 0 Å². The van der Waals surface area contributed by atoms with Crippen LogP contribution in [0, 0.1) is 11.3 Å². The zero-order valence-electron chi connectivity index (χ0n) is 13.6. The van der Waals surface area contributed by atoms with Crippen LogP contribution in [0.25, 0.3) is 6.08 Å². The first-order valence-electron chi connectivity index (χ1n) is 7.52. The van der Waals surface area contributed by atoms with Crippen LogP contribution in [0.1, 0.15) is 11.1 Å². The molecule has 4 nitrogen and oxygen atoms in total. The second kappa shape index (κ2) is 9.40. The van der Waals surface area contributed by atoms with E-state index in [1.807, 2.05) is 36.4 Å². The third-order valence-electron chi connectivity index (χ3n) is 3.44. The molecule has 0 heterocycles. The van der Waals surface area contributed by atoms with Crippen LogP contribution in [0.5, 0.6) is 5.75 Å². The summed E-state index contributed by atoms with van der Waals surface area (Å²) in [6, 6.07) is 15.4. The topological polar surface area (TPSA) is 62.1 Å². The molecule has 0 saturated heterocycles. The molecule has 2 aromatic rings. The van der Waals surface area contributed by atoms with Crippen molar-refractivity contribution in [2.24, 2.45) is 0 Å². The minimum Gasteiger partial charge on any atom is -0.494 e. The molecule has 0 atom stereocenters. The number of hydrogen-bond donors (Lipinski definition) is 1. The highest BCUT2D eigenvalue weighted by Gasteiger charge is 2.11. The lowest BCUT2D eigenvalue weighted by molar-refractivity contribution is -0.117. The lowest BCUT2D eigenvalue weighted by atomic mass is 10.1. The number of carbonyl (C=O) groups is 1. The van der Waals surface area contributed by atoms with Gasteiger partial charge in [-0.3, -0.25) is 4.79 Å². The molecule has 2 aromatic carbocycles. The lowest BCUT2D eigenvalue weighted by Gasteiger charge is -2.08. The van der Waals surface area contributed by atoms with Gasteiger partial charge in [-0.2, -0.15) is 5.26 Å². The maximum absolute atomic E-state index is 12.2. The standard InChI is InChI=1S/C19H16Br2N2O2/c1-25-18-16(20)10-14(11-17(18)21)9-15(12-22)19(24)23-8-7-13-5-3-2-4-6-13/h2-6,9-11H,7-8H2,1H3,(H,23,24)/b15-9+. The number of benzene rings is 2. The first-order chi connectivity index (χ1) is 12.0. The van der Waals surface area contributed by atoms with Crippen molar-refractivity contribution in [3.05, 3.63) is 68.1 Å². The largest absolute Gasteiger partial charge is 0.494 e. The highest BCUT2D eigenvalue weighted by molar-refractivity contribution is 9.11. The van der Waals surface area contributed by atoms with E-state index in [0.717, 1.165) is 14.5 Å². The molecule has 0 aliphatic carbocycles. The summed E-state index contributed by atoms with van der Waals surface area (Å²) in [6.45, 7) is 0.470. The number of halogens is 2. The molecule has 128 valence electrons. The fourth-order valence-electron chi connectivity index (χ4n) is 2.23. The summed E-state index contributed by atoms with van der Waals surface area (Å²) in [5, 5.41) is 12.1. The Kier molecular flexibility index (Phi) is 7.23. The summed E-state index contributed by atoms with van der Waals surface area (Å²) in [4.78, 5) is 12.2. The van der Waals surface area contributed by atoms with Gasteiger partial charge in [-0.05, 0) is 67.6 Å². The number of methoxy groups -OCH3 is 1. The molecule has 25 heavy (non-hydrogen) atoms. The lowest BCUT2D eigenvalue weighted by Crippen LogP contribution is -2.26. The van der Waals surface area contributed by atoms with Crippen molar-refractivity contribution >= 4 is 43.8 Å². The maximum atomic E-state index is 12.2. The van der Waals surface area contributed by atoms with Gasteiger partial charge >= 0.3 is 0 Å². The van der Waals surface area contributed by atoms with Gasteiger partial charge in [-0.15, -0.1) is 0 Å². The molecule has 0 fully saturated rings. The van der Waals surface area contributed by atoms with Gasteiger partial charge in [-0.25, -0.2) is 0 Å². The van der Waals surface area contributed by atoms with Gasteiger partial charge in [0.1, 0.15) is 17.4 Å². The fraction of sp³-hybridized carbons (Fsp3) is 0.158. The Morgan fingerprint density at radius 3 is 2.44 bits per heavy atom. The van der Waals surface area contributed by atoms with Crippen molar-refractivity contribution in [3.8, 4) is 11.8 Å². The van der Waals surface area contributed by atoms with Gasteiger partial charge in [-0.1, -0.05) is 30.3 Å². The van der Waals surface area contributed by atoms with E-state index >= 15 is 0 Å². The number of hydrogen-bond acceptors (Lipinski definition) is 3. The van der Waals surface area contributed by atoms with Gasteiger partial charge in [0.25, 0.3) is 5.91 Å². The van der Waals surface area contributed by atoms with E-state index in [1.165, 1.54) is 0 Å². The van der Waals surface area contributed by atoms with Crippen molar-refractivity contribution in [2.45, 2.75) is 6.42 Å². The molecule has 2 rings (SSSR count). The van der Waals surface area contributed by atoms with Crippen molar-refractivity contribution in [3.63, 3.8) is 0 Å². The number of nitrogens with zero attached hydrogens (tertiary/aromatic N) is 1. The Bertz CT molecular complexity index is 804. The molecule has 1 N–H and O–H groups in total. The zero-order chi connectivity index (χ0) is 18.2. The number of amides is 1. The molecule has 6 heteroatoms. The first-order valence-corrected chi connectivity index (χ1v) is 9.10. The van der Waals surface area contributed by atoms with E-state index in [2.05, 4.69) is 37.2 Å². The predicted molar refractivity (Wildman–Crippen MR) is 105 cm³/mol. The Balaban J connectivity index is 2.07. The Morgan fingerprint density at radius 2 is 1.88 bits per heavy atom. The predicted octanol–water partition coefficient (Wildman–Crippen LogP) is 4.49. The van der Waals surface area contributed by atoms with E-state index in [4.69, 9.17) is 4.74 Å². The van der Waals surface area contributed by atoms with Crippen molar-refractivity contribution in [2.75, 3.05) is 13.7 Å². The van der Waals surface area contributed by atoms with E-state index in [-0.39, 0.29) is 11.5 Å². The van der Waals surface area contributed by atoms with Crippen LogP contribution >= 0.6 is 31.9 Å². The van der Waals surface area contributed by atoms with Crippen molar-refractivity contribution in [1.29, 1.82) is 5.26 Å².